The molecule has 1 amide bonds. The van der Waals surface area contributed by atoms with Gasteiger partial charge in [0.15, 0.2) is 5.75 Å². The highest BCUT2D eigenvalue weighted by atomic mass is 35.5. The quantitative estimate of drug-likeness (QED) is 0.561. The van der Waals surface area contributed by atoms with Crippen LogP contribution in [0.25, 0.3) is 0 Å². The summed E-state index contributed by atoms with van der Waals surface area (Å²) in [4.78, 5) is 25.6. The van der Waals surface area contributed by atoms with Gasteiger partial charge in [0.25, 0.3) is 5.91 Å². The van der Waals surface area contributed by atoms with Crippen molar-refractivity contribution in [1.29, 1.82) is 0 Å². The van der Waals surface area contributed by atoms with Crippen molar-refractivity contribution in [3.8, 4) is 5.75 Å². The number of ether oxygens (including phenoxy) is 1. The number of halogens is 1. The summed E-state index contributed by atoms with van der Waals surface area (Å²) < 4.78 is 4.98. The van der Waals surface area contributed by atoms with Gasteiger partial charge in [-0.2, -0.15) is 0 Å². The molecule has 1 unspecified atom stereocenters. The summed E-state index contributed by atoms with van der Waals surface area (Å²) in [6.07, 6.45) is 2.24. The molecule has 0 aliphatic carbocycles. The molecule has 0 bridgehead atoms. The van der Waals surface area contributed by atoms with Gasteiger partial charge in [0.1, 0.15) is 0 Å². The Kier molecular flexibility index (Phi) is 6.49. The van der Waals surface area contributed by atoms with E-state index < -0.39 is 4.92 Å². The number of carbonyl (C=O) groups is 1. The van der Waals surface area contributed by atoms with Crippen molar-refractivity contribution in [2.45, 2.75) is 18.9 Å². The minimum Gasteiger partial charge on any atom is -0.490 e. The molecule has 2 aromatic carbocycles. The first-order valence-corrected chi connectivity index (χ1v) is 9.47. The first-order chi connectivity index (χ1) is 13.5. The van der Waals surface area contributed by atoms with Gasteiger partial charge in [0.05, 0.1) is 18.1 Å². The minimum atomic E-state index is -0.561. The van der Waals surface area contributed by atoms with E-state index in [-0.39, 0.29) is 28.9 Å². The van der Waals surface area contributed by atoms with Crippen LogP contribution in [0, 0.1) is 10.1 Å². The van der Waals surface area contributed by atoms with Gasteiger partial charge in [-0.05, 0) is 55.8 Å². The number of likely N-dealkylation sites (tertiary alicyclic amines) is 1. The van der Waals surface area contributed by atoms with Crippen LogP contribution >= 0.6 is 11.6 Å². The molecule has 1 aliphatic heterocycles. The third-order valence-electron chi connectivity index (χ3n) is 4.91. The number of benzene rings is 2. The smallest absolute Gasteiger partial charge is 0.311 e. The van der Waals surface area contributed by atoms with E-state index in [1.165, 1.54) is 25.3 Å². The van der Waals surface area contributed by atoms with Gasteiger partial charge in [-0.1, -0.05) is 23.7 Å². The molecule has 1 heterocycles. The highest BCUT2D eigenvalue weighted by molar-refractivity contribution is 6.30. The van der Waals surface area contributed by atoms with Crippen molar-refractivity contribution in [2.75, 3.05) is 26.7 Å². The molecular formula is C20H22ClN3O4. The highest BCUT2D eigenvalue weighted by Gasteiger charge is 2.25. The van der Waals surface area contributed by atoms with Crippen LogP contribution < -0.4 is 10.1 Å². The Morgan fingerprint density at radius 3 is 2.68 bits per heavy atom. The van der Waals surface area contributed by atoms with Crippen LogP contribution in [-0.2, 0) is 0 Å². The Morgan fingerprint density at radius 1 is 1.29 bits per heavy atom. The second kappa shape index (κ2) is 9.03. The number of hydrogen-bond acceptors (Lipinski definition) is 5. The summed E-state index contributed by atoms with van der Waals surface area (Å²) in [6.45, 7) is 2.31. The Morgan fingerprint density at radius 2 is 2.04 bits per heavy atom. The van der Waals surface area contributed by atoms with E-state index >= 15 is 0 Å². The number of nitro benzene ring substituents is 1. The lowest BCUT2D eigenvalue weighted by atomic mass is 10.1. The Bertz CT molecular complexity index is 868. The number of nitrogens with zero attached hydrogens (tertiary/aromatic N) is 2. The number of amides is 1. The number of nitrogens with one attached hydrogen (secondary N) is 1. The maximum atomic E-state index is 12.6. The molecule has 0 aromatic heterocycles. The van der Waals surface area contributed by atoms with Gasteiger partial charge in [-0.3, -0.25) is 19.8 Å². The zero-order valence-electron chi connectivity index (χ0n) is 15.6. The van der Waals surface area contributed by atoms with Crippen LogP contribution in [0.3, 0.4) is 0 Å². The van der Waals surface area contributed by atoms with Crippen LogP contribution in [0.1, 0.15) is 34.8 Å². The molecule has 1 N–H and O–H groups in total. The van der Waals surface area contributed by atoms with E-state index in [1.54, 1.807) is 0 Å². The van der Waals surface area contributed by atoms with Crippen LogP contribution in [-0.4, -0.2) is 42.5 Å². The van der Waals surface area contributed by atoms with E-state index in [0.717, 1.165) is 31.5 Å². The SMILES string of the molecule is COc1ccc(C(=O)NCC(c2cccc(Cl)c2)N2CCCC2)cc1[N+](=O)[O-]. The molecule has 1 atom stereocenters. The van der Waals surface area contributed by atoms with Gasteiger partial charge in [-0.25, -0.2) is 0 Å². The van der Waals surface area contributed by atoms with Crippen molar-refractivity contribution in [3.05, 3.63) is 68.7 Å². The summed E-state index contributed by atoms with van der Waals surface area (Å²) in [5.41, 5.74) is 1.02. The van der Waals surface area contributed by atoms with Crippen LogP contribution in [0.2, 0.25) is 5.02 Å². The molecule has 7 nitrogen and oxygen atoms in total. The number of carbonyl (C=O) groups excluding carboxylic acids is 1. The maximum absolute atomic E-state index is 12.6. The lowest BCUT2D eigenvalue weighted by molar-refractivity contribution is -0.385. The van der Waals surface area contributed by atoms with E-state index in [0.29, 0.717) is 11.6 Å². The number of rotatable bonds is 7. The number of methoxy groups -OCH3 is 1. The molecule has 28 heavy (non-hydrogen) atoms. The van der Waals surface area contributed by atoms with Crippen LogP contribution in [0.5, 0.6) is 5.75 Å². The molecule has 1 fully saturated rings. The lowest BCUT2D eigenvalue weighted by Gasteiger charge is -2.28. The van der Waals surface area contributed by atoms with Gasteiger partial charge in [0, 0.05) is 23.2 Å². The van der Waals surface area contributed by atoms with E-state index in [4.69, 9.17) is 16.3 Å². The third kappa shape index (κ3) is 4.61. The maximum Gasteiger partial charge on any atom is 0.311 e. The van der Waals surface area contributed by atoms with E-state index in [9.17, 15) is 14.9 Å². The molecule has 0 spiro atoms. The largest absolute Gasteiger partial charge is 0.490 e. The van der Waals surface area contributed by atoms with Gasteiger partial charge in [0.2, 0.25) is 0 Å². The average molecular weight is 404 g/mol. The Balaban J connectivity index is 1.76. The fraction of sp³-hybridized carbons (Fsp3) is 0.350. The summed E-state index contributed by atoms with van der Waals surface area (Å²) in [7, 11) is 1.35. The first-order valence-electron chi connectivity index (χ1n) is 9.09. The van der Waals surface area contributed by atoms with Gasteiger partial charge >= 0.3 is 5.69 Å². The predicted octanol–water partition coefficient (Wildman–Crippen LogP) is 3.82. The zero-order valence-corrected chi connectivity index (χ0v) is 16.3. The van der Waals surface area contributed by atoms with Gasteiger partial charge in [-0.15, -0.1) is 0 Å². The summed E-state index contributed by atoms with van der Waals surface area (Å²) in [5, 5.41) is 14.7. The van der Waals surface area contributed by atoms with Crippen molar-refractivity contribution >= 4 is 23.2 Å². The van der Waals surface area contributed by atoms with Crippen LogP contribution in [0.4, 0.5) is 5.69 Å². The molecule has 148 valence electrons. The van der Waals surface area contributed by atoms with Crippen molar-refractivity contribution in [1.82, 2.24) is 10.2 Å². The molecule has 1 saturated heterocycles. The molecule has 2 aromatic rings. The predicted molar refractivity (Wildman–Crippen MR) is 107 cm³/mol. The zero-order chi connectivity index (χ0) is 20.1. The Labute approximate surface area is 168 Å². The first kappa shape index (κ1) is 20.1. The van der Waals surface area contributed by atoms with Crippen molar-refractivity contribution in [3.63, 3.8) is 0 Å². The summed E-state index contributed by atoms with van der Waals surface area (Å²) >= 11 is 6.15. The van der Waals surface area contributed by atoms with E-state index in [2.05, 4.69) is 10.2 Å². The monoisotopic (exact) mass is 403 g/mol. The molecular weight excluding hydrogens is 382 g/mol. The average Bonchev–Trinajstić information content (AvgIpc) is 3.22. The third-order valence-corrected chi connectivity index (χ3v) is 5.14. The standard InChI is InChI=1S/C20H22ClN3O4/c1-28-19-8-7-15(12-17(19)24(26)27)20(25)22-13-18(23-9-2-3-10-23)14-5-4-6-16(21)11-14/h4-8,11-12,18H,2-3,9-10,13H2,1H3,(H,22,25). The highest BCUT2D eigenvalue weighted by Crippen LogP contribution is 2.28. The fourth-order valence-corrected chi connectivity index (χ4v) is 3.69. The molecule has 0 saturated carbocycles. The molecule has 0 radical (unpaired) electrons. The Hall–Kier alpha value is -2.64. The van der Waals surface area contributed by atoms with Gasteiger partial charge < -0.3 is 10.1 Å². The minimum absolute atomic E-state index is 0.00150. The molecule has 8 heteroatoms. The molecule has 1 aliphatic rings. The lowest BCUT2D eigenvalue weighted by Crippen LogP contribution is -2.36. The van der Waals surface area contributed by atoms with E-state index in [1.807, 2.05) is 24.3 Å². The number of hydrogen-bond donors (Lipinski definition) is 1. The second-order valence-electron chi connectivity index (χ2n) is 6.67. The normalized spacial score (nSPS) is 15.2. The topological polar surface area (TPSA) is 84.7 Å². The summed E-state index contributed by atoms with van der Waals surface area (Å²) in [5.74, 6) is -0.243. The van der Waals surface area contributed by atoms with Crippen molar-refractivity contribution in [2.24, 2.45) is 0 Å². The second-order valence-corrected chi connectivity index (χ2v) is 7.10. The fourth-order valence-electron chi connectivity index (χ4n) is 3.49. The number of nitro groups is 1. The summed E-state index contributed by atoms with van der Waals surface area (Å²) in [6, 6.07) is 11.8. The molecule has 3 rings (SSSR count). The van der Waals surface area contributed by atoms with Crippen LogP contribution in [0.15, 0.2) is 42.5 Å². The van der Waals surface area contributed by atoms with Crippen molar-refractivity contribution < 1.29 is 14.5 Å².